The predicted molar refractivity (Wildman–Crippen MR) is 111 cm³/mol. The molecule has 0 radical (unpaired) electrons. The SMILES string of the molecule is CCO[C@H](Cc1cccc(/C(C)=N/OCc2ccc(Cl)cc2Cl)c1)C(=O)OC. The Hall–Kier alpha value is -2.08. The summed E-state index contributed by atoms with van der Waals surface area (Å²) in [5, 5.41) is 5.27. The first-order chi connectivity index (χ1) is 13.4. The molecule has 150 valence electrons. The maximum atomic E-state index is 11.8. The second-order valence-corrected chi connectivity index (χ2v) is 6.90. The van der Waals surface area contributed by atoms with Crippen molar-refractivity contribution in [3.05, 3.63) is 69.2 Å². The van der Waals surface area contributed by atoms with E-state index in [-0.39, 0.29) is 12.6 Å². The van der Waals surface area contributed by atoms with Crippen molar-refractivity contribution in [1.29, 1.82) is 0 Å². The van der Waals surface area contributed by atoms with Gasteiger partial charge in [0.05, 0.1) is 12.8 Å². The summed E-state index contributed by atoms with van der Waals surface area (Å²) in [6.45, 7) is 4.36. The topological polar surface area (TPSA) is 57.1 Å². The van der Waals surface area contributed by atoms with E-state index in [4.69, 9.17) is 37.5 Å². The Morgan fingerprint density at radius 3 is 2.64 bits per heavy atom. The summed E-state index contributed by atoms with van der Waals surface area (Å²) < 4.78 is 10.3. The number of carbonyl (C=O) groups excluding carboxylic acids is 1. The third-order valence-electron chi connectivity index (χ3n) is 4.03. The smallest absolute Gasteiger partial charge is 0.335 e. The fourth-order valence-corrected chi connectivity index (χ4v) is 3.03. The summed E-state index contributed by atoms with van der Waals surface area (Å²) in [6.07, 6.45) is -0.214. The molecule has 0 spiro atoms. The monoisotopic (exact) mass is 423 g/mol. The molecule has 2 rings (SSSR count). The standard InChI is InChI=1S/C21H23Cl2NO4/c1-4-27-20(21(25)26-3)11-15-6-5-7-16(10-15)14(2)24-28-13-17-8-9-18(22)12-19(17)23/h5-10,12,20H,4,11,13H2,1-3H3/b24-14+/t20-/m1/s1. The number of halogens is 2. The number of hydrogen-bond donors (Lipinski definition) is 0. The number of methoxy groups -OCH3 is 1. The van der Waals surface area contributed by atoms with Gasteiger partial charge in [-0.1, -0.05) is 52.6 Å². The first-order valence-electron chi connectivity index (χ1n) is 8.83. The maximum Gasteiger partial charge on any atom is 0.335 e. The number of benzene rings is 2. The van der Waals surface area contributed by atoms with Crippen molar-refractivity contribution in [1.82, 2.24) is 0 Å². The van der Waals surface area contributed by atoms with Crippen molar-refractivity contribution >= 4 is 34.9 Å². The number of hydrogen-bond acceptors (Lipinski definition) is 5. The Bertz CT molecular complexity index is 839. The third kappa shape index (κ3) is 6.51. The van der Waals surface area contributed by atoms with E-state index < -0.39 is 6.10 Å². The molecule has 0 fully saturated rings. The van der Waals surface area contributed by atoms with Crippen LogP contribution in [0, 0.1) is 0 Å². The van der Waals surface area contributed by atoms with Crippen LogP contribution in [0.1, 0.15) is 30.5 Å². The molecule has 2 aromatic carbocycles. The van der Waals surface area contributed by atoms with E-state index in [2.05, 4.69) is 5.16 Å². The molecule has 0 heterocycles. The molecule has 0 aromatic heterocycles. The molecule has 2 aromatic rings. The van der Waals surface area contributed by atoms with Gasteiger partial charge in [0.2, 0.25) is 0 Å². The van der Waals surface area contributed by atoms with Gasteiger partial charge in [0.15, 0.2) is 6.10 Å². The lowest BCUT2D eigenvalue weighted by atomic mass is 10.0. The average Bonchev–Trinajstić information content (AvgIpc) is 2.68. The number of esters is 1. The van der Waals surface area contributed by atoms with Crippen LogP contribution in [-0.2, 0) is 32.1 Å². The normalized spacial score (nSPS) is 12.5. The van der Waals surface area contributed by atoms with Gasteiger partial charge in [0.1, 0.15) is 6.61 Å². The van der Waals surface area contributed by atoms with Crippen LogP contribution in [0.2, 0.25) is 10.0 Å². The number of nitrogens with zero attached hydrogens (tertiary/aromatic N) is 1. The lowest BCUT2D eigenvalue weighted by Gasteiger charge is -2.15. The van der Waals surface area contributed by atoms with E-state index in [1.54, 1.807) is 18.2 Å². The molecule has 0 amide bonds. The molecular formula is C21H23Cl2NO4. The minimum atomic E-state index is -0.634. The molecule has 7 heteroatoms. The van der Waals surface area contributed by atoms with Crippen LogP contribution in [0.15, 0.2) is 47.6 Å². The van der Waals surface area contributed by atoms with Gasteiger partial charge in [-0.05, 0) is 43.2 Å². The van der Waals surface area contributed by atoms with Crippen LogP contribution in [-0.4, -0.2) is 31.5 Å². The van der Waals surface area contributed by atoms with E-state index >= 15 is 0 Å². The Morgan fingerprint density at radius 1 is 1.18 bits per heavy atom. The first kappa shape index (κ1) is 22.2. The van der Waals surface area contributed by atoms with Crippen LogP contribution in [0.5, 0.6) is 0 Å². The molecule has 0 saturated carbocycles. The molecule has 5 nitrogen and oxygen atoms in total. The summed E-state index contributed by atoms with van der Waals surface area (Å²) in [5.74, 6) is -0.388. The van der Waals surface area contributed by atoms with Gasteiger partial charge in [-0.15, -0.1) is 0 Å². The highest BCUT2D eigenvalue weighted by molar-refractivity contribution is 6.35. The van der Waals surface area contributed by atoms with Crippen LogP contribution in [0.25, 0.3) is 0 Å². The summed E-state index contributed by atoms with van der Waals surface area (Å²) in [7, 11) is 1.35. The highest BCUT2D eigenvalue weighted by Gasteiger charge is 2.20. The van der Waals surface area contributed by atoms with E-state index in [0.717, 1.165) is 16.7 Å². The van der Waals surface area contributed by atoms with Crippen molar-refractivity contribution in [3.63, 3.8) is 0 Å². The number of ether oxygens (including phenoxy) is 2. The van der Waals surface area contributed by atoms with Gasteiger partial charge in [0.25, 0.3) is 0 Å². The lowest BCUT2D eigenvalue weighted by Crippen LogP contribution is -2.28. The molecular weight excluding hydrogens is 401 g/mol. The van der Waals surface area contributed by atoms with Crippen molar-refractivity contribution in [2.75, 3.05) is 13.7 Å². The van der Waals surface area contributed by atoms with E-state index in [0.29, 0.717) is 28.8 Å². The summed E-state index contributed by atoms with van der Waals surface area (Å²) in [4.78, 5) is 17.3. The minimum Gasteiger partial charge on any atom is -0.467 e. The van der Waals surface area contributed by atoms with Crippen molar-refractivity contribution in [2.45, 2.75) is 33.0 Å². The predicted octanol–water partition coefficient (Wildman–Crippen LogP) is 5.05. The van der Waals surface area contributed by atoms with Crippen molar-refractivity contribution < 1.29 is 19.1 Å². The van der Waals surface area contributed by atoms with E-state index in [9.17, 15) is 4.79 Å². The molecule has 1 atom stereocenters. The van der Waals surface area contributed by atoms with Crippen molar-refractivity contribution in [2.24, 2.45) is 5.16 Å². The molecule has 0 aliphatic rings. The molecule has 0 N–H and O–H groups in total. The second-order valence-electron chi connectivity index (χ2n) is 6.06. The van der Waals surface area contributed by atoms with Gasteiger partial charge >= 0.3 is 5.97 Å². The zero-order valence-electron chi connectivity index (χ0n) is 16.1. The quantitative estimate of drug-likeness (QED) is 0.321. The average molecular weight is 424 g/mol. The molecule has 0 bridgehead atoms. The molecule has 28 heavy (non-hydrogen) atoms. The van der Waals surface area contributed by atoms with Crippen molar-refractivity contribution in [3.8, 4) is 0 Å². The summed E-state index contributed by atoms with van der Waals surface area (Å²) >= 11 is 12.0. The zero-order chi connectivity index (χ0) is 20.5. The van der Waals surface area contributed by atoms with Crippen LogP contribution >= 0.6 is 23.2 Å². The molecule has 0 aliphatic carbocycles. The van der Waals surface area contributed by atoms with Gasteiger partial charge in [0, 0.05) is 28.6 Å². The second kappa shape index (κ2) is 11.1. The molecule has 0 aliphatic heterocycles. The summed E-state index contributed by atoms with van der Waals surface area (Å²) in [6, 6.07) is 12.9. The largest absolute Gasteiger partial charge is 0.467 e. The van der Waals surface area contributed by atoms with E-state index in [1.165, 1.54) is 7.11 Å². The highest BCUT2D eigenvalue weighted by Crippen LogP contribution is 2.21. The van der Waals surface area contributed by atoms with E-state index in [1.807, 2.05) is 38.1 Å². The lowest BCUT2D eigenvalue weighted by molar-refractivity contribution is -0.153. The van der Waals surface area contributed by atoms with Gasteiger partial charge in [-0.3, -0.25) is 0 Å². The van der Waals surface area contributed by atoms with Crippen LogP contribution in [0.3, 0.4) is 0 Å². The van der Waals surface area contributed by atoms with Gasteiger partial charge in [-0.2, -0.15) is 0 Å². The summed E-state index contributed by atoms with van der Waals surface area (Å²) in [5.41, 5.74) is 3.34. The number of carbonyl (C=O) groups is 1. The van der Waals surface area contributed by atoms with Crippen LogP contribution < -0.4 is 0 Å². The fraction of sp³-hybridized carbons (Fsp3) is 0.333. The highest BCUT2D eigenvalue weighted by atomic mass is 35.5. The Morgan fingerprint density at radius 2 is 1.96 bits per heavy atom. The van der Waals surface area contributed by atoms with Gasteiger partial charge in [-0.25, -0.2) is 4.79 Å². The Balaban J connectivity index is 2.04. The van der Waals surface area contributed by atoms with Gasteiger partial charge < -0.3 is 14.3 Å². The Labute approximate surface area is 175 Å². The third-order valence-corrected chi connectivity index (χ3v) is 4.62. The van der Waals surface area contributed by atoms with Crippen LogP contribution in [0.4, 0.5) is 0 Å². The molecule has 0 unspecified atom stereocenters. The maximum absolute atomic E-state index is 11.8. The fourth-order valence-electron chi connectivity index (χ4n) is 2.57. The Kier molecular flexibility index (Phi) is 8.77. The zero-order valence-corrected chi connectivity index (χ0v) is 17.6. The number of oxime groups is 1. The number of rotatable bonds is 9. The first-order valence-corrected chi connectivity index (χ1v) is 9.59. The minimum absolute atomic E-state index is 0.238. The molecule has 0 saturated heterocycles.